The van der Waals surface area contributed by atoms with Crippen molar-refractivity contribution >= 4 is 66.5 Å². The van der Waals surface area contributed by atoms with Gasteiger partial charge in [-0.25, -0.2) is 0 Å². The molecular formula is C49H33N3O2. The summed E-state index contributed by atoms with van der Waals surface area (Å²) in [5.41, 5.74) is 12.2. The van der Waals surface area contributed by atoms with Crippen molar-refractivity contribution in [3.05, 3.63) is 194 Å². The van der Waals surface area contributed by atoms with E-state index >= 15 is 0 Å². The molecule has 256 valence electrons. The van der Waals surface area contributed by atoms with Crippen LogP contribution in [0.15, 0.2) is 192 Å². The Kier molecular flexibility index (Phi) is 6.85. The quantitative estimate of drug-likeness (QED) is 0.188. The molecular weight excluding hydrogens is 663 g/mol. The Balaban J connectivity index is 1.24. The van der Waals surface area contributed by atoms with Crippen LogP contribution in [0.1, 0.15) is 11.8 Å². The lowest BCUT2D eigenvalue weighted by Gasteiger charge is -2.30. The highest BCUT2D eigenvalue weighted by atomic mass is 16.5. The van der Waals surface area contributed by atoms with Crippen molar-refractivity contribution in [1.29, 1.82) is 0 Å². The van der Waals surface area contributed by atoms with Crippen LogP contribution in [0.25, 0.3) is 60.6 Å². The van der Waals surface area contributed by atoms with Gasteiger partial charge in [-0.2, -0.15) is 0 Å². The lowest BCUT2D eigenvalue weighted by Crippen LogP contribution is -2.13. The summed E-state index contributed by atoms with van der Waals surface area (Å²) < 4.78 is 16.0. The molecule has 5 heteroatoms. The molecule has 0 amide bonds. The van der Waals surface area contributed by atoms with E-state index in [0.29, 0.717) is 0 Å². The van der Waals surface area contributed by atoms with Gasteiger partial charge in [-0.1, -0.05) is 133 Å². The van der Waals surface area contributed by atoms with Crippen LogP contribution in [-0.2, 0) is 0 Å². The first kappa shape index (κ1) is 30.4. The van der Waals surface area contributed by atoms with Crippen LogP contribution in [0, 0.1) is 0 Å². The summed E-state index contributed by atoms with van der Waals surface area (Å²) >= 11 is 0. The number of rotatable bonds is 6. The topological polar surface area (TPSA) is 42.6 Å². The molecule has 11 rings (SSSR count). The molecule has 10 aromatic rings. The van der Waals surface area contributed by atoms with Gasteiger partial charge >= 0.3 is 0 Å². The number of aromatic nitrogens is 1. The smallest absolute Gasteiger partial charge is 0.196 e. The zero-order valence-corrected chi connectivity index (χ0v) is 29.2. The molecule has 1 N–H and O–H groups in total. The molecule has 0 fully saturated rings. The van der Waals surface area contributed by atoms with Crippen LogP contribution in [0.2, 0.25) is 0 Å². The molecule has 0 saturated heterocycles. The molecule has 0 aliphatic carbocycles. The zero-order valence-electron chi connectivity index (χ0n) is 29.2. The van der Waals surface area contributed by atoms with Gasteiger partial charge in [0.2, 0.25) is 0 Å². The molecule has 54 heavy (non-hydrogen) atoms. The molecule has 0 saturated carbocycles. The minimum atomic E-state index is -0.365. The average molecular weight is 696 g/mol. The third-order valence-electron chi connectivity index (χ3n) is 10.6. The summed E-state index contributed by atoms with van der Waals surface area (Å²) in [6.07, 6.45) is -0.365. The molecule has 0 spiro atoms. The van der Waals surface area contributed by atoms with Crippen molar-refractivity contribution in [3.63, 3.8) is 0 Å². The highest BCUT2D eigenvalue weighted by Crippen LogP contribution is 2.56. The average Bonchev–Trinajstić information content (AvgIpc) is 3.94. The fourth-order valence-electron chi connectivity index (χ4n) is 8.23. The number of ether oxygens (including phenoxy) is 1. The van der Waals surface area contributed by atoms with Crippen LogP contribution in [-0.4, -0.2) is 4.57 Å². The van der Waals surface area contributed by atoms with E-state index in [2.05, 4.69) is 173 Å². The monoisotopic (exact) mass is 695 g/mol. The molecule has 2 aromatic heterocycles. The predicted molar refractivity (Wildman–Crippen MR) is 222 cm³/mol. The Morgan fingerprint density at radius 2 is 1.20 bits per heavy atom. The second-order valence-corrected chi connectivity index (χ2v) is 13.7. The van der Waals surface area contributed by atoms with Crippen molar-refractivity contribution < 1.29 is 9.15 Å². The van der Waals surface area contributed by atoms with Crippen LogP contribution in [0.5, 0.6) is 5.75 Å². The molecule has 0 radical (unpaired) electrons. The number of nitrogens with zero attached hydrogens (tertiary/aromatic N) is 2. The van der Waals surface area contributed by atoms with Crippen LogP contribution < -0.4 is 15.0 Å². The molecule has 1 atom stereocenters. The summed E-state index contributed by atoms with van der Waals surface area (Å²) in [6.45, 7) is 0. The first-order valence-corrected chi connectivity index (χ1v) is 18.3. The highest BCUT2D eigenvalue weighted by Gasteiger charge is 2.34. The maximum atomic E-state index is 7.04. The molecule has 0 bridgehead atoms. The second-order valence-electron chi connectivity index (χ2n) is 13.7. The van der Waals surface area contributed by atoms with Gasteiger partial charge in [0.15, 0.2) is 12.0 Å². The van der Waals surface area contributed by atoms with Gasteiger partial charge in [0.05, 0.1) is 27.8 Å². The van der Waals surface area contributed by atoms with E-state index in [1.807, 2.05) is 30.3 Å². The van der Waals surface area contributed by atoms with Crippen molar-refractivity contribution in [2.24, 2.45) is 0 Å². The molecule has 5 nitrogen and oxygen atoms in total. The molecule has 1 unspecified atom stereocenters. The maximum Gasteiger partial charge on any atom is 0.196 e. The lowest BCUT2D eigenvalue weighted by atomic mass is 10.00. The van der Waals surface area contributed by atoms with Gasteiger partial charge in [0, 0.05) is 44.7 Å². The van der Waals surface area contributed by atoms with Gasteiger partial charge in [-0.15, -0.1) is 0 Å². The zero-order chi connectivity index (χ0) is 35.6. The first-order chi connectivity index (χ1) is 26.8. The normalized spacial score (nSPS) is 13.7. The number of para-hydroxylation sites is 4. The summed E-state index contributed by atoms with van der Waals surface area (Å²) in [5.74, 6) is 0.776. The summed E-state index contributed by atoms with van der Waals surface area (Å²) in [7, 11) is 0. The van der Waals surface area contributed by atoms with Crippen LogP contribution in [0.4, 0.5) is 22.7 Å². The van der Waals surface area contributed by atoms with E-state index in [0.717, 1.165) is 89.2 Å². The van der Waals surface area contributed by atoms with E-state index in [9.17, 15) is 0 Å². The second kappa shape index (κ2) is 12.2. The lowest BCUT2D eigenvalue weighted by molar-refractivity contribution is 0.261. The first-order valence-electron chi connectivity index (χ1n) is 18.3. The van der Waals surface area contributed by atoms with Gasteiger partial charge in [0.25, 0.3) is 0 Å². The molecule has 1 aliphatic heterocycles. The number of hydrogen-bond acceptors (Lipinski definition) is 4. The SMILES string of the molecule is c1ccc(-c2ccccc2N(c2ccc3c(c2)c2ccccc2n3-c2ccccc2)c2c3c(cc4oc5ccccc5c24)NC(c2ccccc2)O3)cc1. The number of hydrogen-bond donors (Lipinski definition) is 1. The van der Waals surface area contributed by atoms with E-state index in [4.69, 9.17) is 9.15 Å². The Morgan fingerprint density at radius 1 is 0.537 bits per heavy atom. The molecule has 1 aliphatic rings. The van der Waals surface area contributed by atoms with Crippen molar-refractivity contribution in [2.45, 2.75) is 6.23 Å². The number of nitrogens with one attached hydrogen (secondary N) is 1. The fraction of sp³-hybridized carbons (Fsp3) is 0.0204. The Hall–Kier alpha value is -7.24. The minimum absolute atomic E-state index is 0.365. The fourth-order valence-corrected chi connectivity index (χ4v) is 8.23. The third kappa shape index (κ3) is 4.72. The minimum Gasteiger partial charge on any atom is -0.462 e. The molecule has 3 heterocycles. The number of fused-ring (bicyclic) bond motifs is 7. The van der Waals surface area contributed by atoms with Crippen molar-refractivity contribution in [1.82, 2.24) is 4.57 Å². The number of furan rings is 1. The Morgan fingerprint density at radius 3 is 2.04 bits per heavy atom. The number of benzene rings is 8. The van der Waals surface area contributed by atoms with E-state index in [-0.39, 0.29) is 6.23 Å². The summed E-state index contributed by atoms with van der Waals surface area (Å²) in [6, 6.07) is 66.1. The number of anilines is 4. The maximum absolute atomic E-state index is 7.04. The molecule has 8 aromatic carbocycles. The highest BCUT2D eigenvalue weighted by molar-refractivity contribution is 6.18. The van der Waals surface area contributed by atoms with Crippen molar-refractivity contribution in [3.8, 4) is 22.6 Å². The van der Waals surface area contributed by atoms with E-state index in [1.54, 1.807) is 0 Å². The van der Waals surface area contributed by atoms with Gasteiger partial charge < -0.3 is 23.9 Å². The van der Waals surface area contributed by atoms with Crippen LogP contribution >= 0.6 is 0 Å². The largest absolute Gasteiger partial charge is 0.462 e. The van der Waals surface area contributed by atoms with E-state index < -0.39 is 0 Å². The van der Waals surface area contributed by atoms with Crippen LogP contribution in [0.3, 0.4) is 0 Å². The Bertz CT molecular complexity index is 3000. The van der Waals surface area contributed by atoms with Gasteiger partial charge in [-0.05, 0) is 54.1 Å². The third-order valence-corrected chi connectivity index (χ3v) is 10.6. The van der Waals surface area contributed by atoms with Gasteiger partial charge in [-0.3, -0.25) is 0 Å². The summed E-state index contributed by atoms with van der Waals surface area (Å²) in [5, 5.41) is 8.07. The standard InChI is InChI=1S/C49H33N3O2/c1-4-16-32(17-5-1)36-22-10-13-25-41(36)52(35-28-29-43-39(30-35)37-23-11-14-26-42(37)51(43)34-20-8-3-9-21-34)47-46-38-24-12-15-27-44(38)53-45(46)31-40-48(47)54-49(50-40)33-18-6-2-7-19-33/h1-31,49-50H. The van der Waals surface area contributed by atoms with E-state index in [1.165, 1.54) is 5.39 Å². The van der Waals surface area contributed by atoms with Gasteiger partial charge in [0.1, 0.15) is 16.9 Å². The van der Waals surface area contributed by atoms with Crippen molar-refractivity contribution in [2.75, 3.05) is 10.2 Å². The summed E-state index contributed by atoms with van der Waals surface area (Å²) in [4.78, 5) is 2.38. The Labute approximate surface area is 311 Å². The predicted octanol–water partition coefficient (Wildman–Crippen LogP) is 13.3.